The van der Waals surface area contributed by atoms with Crippen LogP contribution >= 0.6 is 0 Å². The van der Waals surface area contributed by atoms with Crippen LogP contribution in [0.4, 0.5) is 0 Å². The van der Waals surface area contributed by atoms with E-state index in [4.69, 9.17) is 0 Å². The Morgan fingerprint density at radius 2 is 1.82 bits per heavy atom. The van der Waals surface area contributed by atoms with Crippen molar-refractivity contribution in [1.82, 2.24) is 0 Å². The Kier molecular flexibility index (Phi) is 2.96. The van der Waals surface area contributed by atoms with Gasteiger partial charge in [-0.15, -0.1) is 0 Å². The number of benzene rings is 1. The minimum Gasteiger partial charge on any atom is -0.392 e. The van der Waals surface area contributed by atoms with Crippen molar-refractivity contribution in [2.45, 2.75) is 51.0 Å². The van der Waals surface area contributed by atoms with Crippen LogP contribution in [0.1, 0.15) is 49.7 Å². The Morgan fingerprint density at radius 1 is 1.12 bits per heavy atom. The third-order valence-corrected chi connectivity index (χ3v) is 4.85. The van der Waals surface area contributed by atoms with Crippen LogP contribution in [0.25, 0.3) is 0 Å². The average molecular weight is 230 g/mol. The van der Waals surface area contributed by atoms with Gasteiger partial charge in [-0.2, -0.15) is 0 Å². The highest BCUT2D eigenvalue weighted by molar-refractivity contribution is 5.40. The van der Waals surface area contributed by atoms with Crippen LogP contribution in [-0.2, 0) is 6.42 Å². The molecule has 1 fully saturated rings. The molecular formula is C16H22O. The fourth-order valence-corrected chi connectivity index (χ4v) is 3.56. The summed E-state index contributed by atoms with van der Waals surface area (Å²) < 4.78 is 0. The van der Waals surface area contributed by atoms with Gasteiger partial charge in [0.15, 0.2) is 0 Å². The number of aliphatic hydroxyl groups is 1. The van der Waals surface area contributed by atoms with Crippen molar-refractivity contribution in [2.24, 2.45) is 11.8 Å². The molecule has 0 aromatic heterocycles. The van der Waals surface area contributed by atoms with Gasteiger partial charge in [-0.3, -0.25) is 0 Å². The molecule has 17 heavy (non-hydrogen) atoms. The van der Waals surface area contributed by atoms with E-state index < -0.39 is 0 Å². The Bertz CT molecular complexity index is 390. The van der Waals surface area contributed by atoms with Crippen LogP contribution in [0.3, 0.4) is 0 Å². The highest BCUT2D eigenvalue weighted by Gasteiger charge is 2.36. The first-order chi connectivity index (χ1) is 8.25. The molecule has 2 aliphatic carbocycles. The molecule has 0 radical (unpaired) electrons. The van der Waals surface area contributed by atoms with Crippen molar-refractivity contribution in [3.8, 4) is 0 Å². The Morgan fingerprint density at radius 3 is 2.53 bits per heavy atom. The maximum absolute atomic E-state index is 10.5. The van der Waals surface area contributed by atoms with E-state index in [-0.39, 0.29) is 6.10 Å². The molecule has 1 N–H and O–H groups in total. The lowest BCUT2D eigenvalue weighted by Gasteiger charge is -2.39. The predicted octanol–water partition coefficient (Wildman–Crippen LogP) is 3.51. The fourth-order valence-electron chi connectivity index (χ4n) is 3.56. The van der Waals surface area contributed by atoms with E-state index in [1.165, 1.54) is 36.8 Å². The molecule has 2 atom stereocenters. The summed E-state index contributed by atoms with van der Waals surface area (Å²) in [6.45, 7) is 2.33. The standard InChI is InChI=1S/C16H22O/c1-11-6-8-12(9-7-11)16(17)15-10-13-4-2-3-5-14(13)15/h2-5,11-12,15-17H,6-10H2,1H3. The lowest BCUT2D eigenvalue weighted by Crippen LogP contribution is -2.36. The smallest absolute Gasteiger partial charge is 0.0640 e. The van der Waals surface area contributed by atoms with E-state index in [0.29, 0.717) is 11.8 Å². The quantitative estimate of drug-likeness (QED) is 0.824. The first kappa shape index (κ1) is 11.3. The van der Waals surface area contributed by atoms with Crippen molar-refractivity contribution in [1.29, 1.82) is 0 Å². The lowest BCUT2D eigenvalue weighted by atomic mass is 9.68. The topological polar surface area (TPSA) is 20.2 Å². The van der Waals surface area contributed by atoms with Crippen LogP contribution in [0, 0.1) is 11.8 Å². The number of hydrogen-bond donors (Lipinski definition) is 1. The molecule has 1 saturated carbocycles. The summed E-state index contributed by atoms with van der Waals surface area (Å²) >= 11 is 0. The normalized spacial score (nSPS) is 33.6. The van der Waals surface area contributed by atoms with E-state index in [1.807, 2.05) is 0 Å². The molecule has 1 aromatic carbocycles. The maximum Gasteiger partial charge on any atom is 0.0640 e. The van der Waals surface area contributed by atoms with Gasteiger partial charge in [0.05, 0.1) is 6.10 Å². The van der Waals surface area contributed by atoms with Crippen molar-refractivity contribution >= 4 is 0 Å². The second-order valence-corrected chi connectivity index (χ2v) is 6.02. The summed E-state index contributed by atoms with van der Waals surface area (Å²) in [5, 5.41) is 10.5. The third kappa shape index (κ3) is 2.01. The molecule has 2 aliphatic rings. The van der Waals surface area contributed by atoms with Crippen LogP contribution in [-0.4, -0.2) is 11.2 Å². The number of hydrogen-bond acceptors (Lipinski definition) is 1. The van der Waals surface area contributed by atoms with E-state index in [1.54, 1.807) is 0 Å². The largest absolute Gasteiger partial charge is 0.392 e. The molecule has 1 nitrogen and oxygen atoms in total. The number of aliphatic hydroxyl groups excluding tert-OH is 1. The molecule has 0 heterocycles. The van der Waals surface area contributed by atoms with E-state index in [0.717, 1.165) is 12.3 Å². The molecule has 0 bridgehead atoms. The summed E-state index contributed by atoms with van der Waals surface area (Å²) in [6, 6.07) is 8.59. The van der Waals surface area contributed by atoms with Gasteiger partial charge < -0.3 is 5.11 Å². The number of fused-ring (bicyclic) bond motifs is 1. The zero-order chi connectivity index (χ0) is 11.8. The van der Waals surface area contributed by atoms with Gasteiger partial charge >= 0.3 is 0 Å². The Balaban J connectivity index is 1.67. The monoisotopic (exact) mass is 230 g/mol. The molecule has 3 rings (SSSR count). The SMILES string of the molecule is CC1CCC(C(O)C2Cc3ccccc32)CC1. The maximum atomic E-state index is 10.5. The summed E-state index contributed by atoms with van der Waals surface area (Å²) in [5.74, 6) is 1.83. The summed E-state index contributed by atoms with van der Waals surface area (Å²) in [4.78, 5) is 0. The minimum absolute atomic E-state index is 0.0996. The van der Waals surface area contributed by atoms with Crippen LogP contribution < -0.4 is 0 Å². The Labute approximate surface area is 104 Å². The number of rotatable bonds is 2. The van der Waals surface area contributed by atoms with E-state index >= 15 is 0 Å². The molecule has 0 spiro atoms. The summed E-state index contributed by atoms with van der Waals surface area (Å²) in [5.41, 5.74) is 2.85. The van der Waals surface area contributed by atoms with Gasteiger partial charge in [0.25, 0.3) is 0 Å². The molecular weight excluding hydrogens is 208 g/mol. The first-order valence-electron chi connectivity index (χ1n) is 7.01. The van der Waals surface area contributed by atoms with Crippen molar-refractivity contribution in [3.63, 3.8) is 0 Å². The summed E-state index contributed by atoms with van der Waals surface area (Å²) in [7, 11) is 0. The molecule has 1 aromatic rings. The molecule has 0 saturated heterocycles. The molecule has 0 amide bonds. The predicted molar refractivity (Wildman–Crippen MR) is 70.0 cm³/mol. The fraction of sp³-hybridized carbons (Fsp3) is 0.625. The van der Waals surface area contributed by atoms with Crippen LogP contribution in [0.2, 0.25) is 0 Å². The zero-order valence-corrected chi connectivity index (χ0v) is 10.6. The van der Waals surface area contributed by atoms with Crippen molar-refractivity contribution < 1.29 is 5.11 Å². The van der Waals surface area contributed by atoms with Crippen molar-refractivity contribution in [2.75, 3.05) is 0 Å². The minimum atomic E-state index is -0.0996. The molecule has 1 heteroatoms. The highest BCUT2D eigenvalue weighted by Crippen LogP contribution is 2.43. The second kappa shape index (κ2) is 4.45. The lowest BCUT2D eigenvalue weighted by molar-refractivity contribution is 0.0464. The van der Waals surface area contributed by atoms with E-state index in [9.17, 15) is 5.11 Å². The molecule has 2 unspecified atom stereocenters. The Hall–Kier alpha value is -0.820. The van der Waals surface area contributed by atoms with Gasteiger partial charge in [0.2, 0.25) is 0 Å². The highest BCUT2D eigenvalue weighted by atomic mass is 16.3. The van der Waals surface area contributed by atoms with E-state index in [2.05, 4.69) is 31.2 Å². The van der Waals surface area contributed by atoms with Crippen molar-refractivity contribution in [3.05, 3.63) is 35.4 Å². The van der Waals surface area contributed by atoms with Crippen LogP contribution in [0.15, 0.2) is 24.3 Å². The second-order valence-electron chi connectivity index (χ2n) is 6.02. The molecule has 92 valence electrons. The van der Waals surface area contributed by atoms with Gasteiger partial charge in [-0.25, -0.2) is 0 Å². The van der Waals surface area contributed by atoms with Gasteiger partial charge in [0, 0.05) is 5.92 Å². The summed E-state index contributed by atoms with van der Waals surface area (Å²) in [6.07, 6.45) is 6.04. The van der Waals surface area contributed by atoms with Gasteiger partial charge in [0.1, 0.15) is 0 Å². The van der Waals surface area contributed by atoms with Gasteiger partial charge in [-0.05, 0) is 42.2 Å². The average Bonchev–Trinajstić information content (AvgIpc) is 2.31. The zero-order valence-electron chi connectivity index (χ0n) is 10.6. The van der Waals surface area contributed by atoms with Crippen LogP contribution in [0.5, 0.6) is 0 Å². The first-order valence-corrected chi connectivity index (χ1v) is 7.01. The van der Waals surface area contributed by atoms with Gasteiger partial charge in [-0.1, -0.05) is 44.0 Å². The third-order valence-electron chi connectivity index (χ3n) is 4.85. The molecule has 0 aliphatic heterocycles.